The van der Waals surface area contributed by atoms with Crippen LogP contribution in [0.4, 0.5) is 10.1 Å². The van der Waals surface area contributed by atoms with E-state index in [1.807, 2.05) is 0 Å². The van der Waals surface area contributed by atoms with Crippen molar-refractivity contribution in [2.45, 2.75) is 0 Å². The van der Waals surface area contributed by atoms with Crippen LogP contribution in [-0.2, 0) is 9.53 Å². The number of rotatable bonds is 5. The Balaban J connectivity index is 1.94. The van der Waals surface area contributed by atoms with Gasteiger partial charge in [-0.2, -0.15) is 0 Å². The van der Waals surface area contributed by atoms with Crippen molar-refractivity contribution in [2.24, 2.45) is 0 Å². The van der Waals surface area contributed by atoms with Gasteiger partial charge in [0.25, 0.3) is 5.91 Å². The quantitative estimate of drug-likeness (QED) is 0.855. The number of aromatic nitrogens is 1. The maximum atomic E-state index is 12.8. The van der Waals surface area contributed by atoms with Crippen LogP contribution in [0.2, 0.25) is 0 Å². The molecular formula is C15H13FN2O4. The highest BCUT2D eigenvalue weighted by Gasteiger charge is 2.07. The largest absolute Gasteiger partial charge is 0.466 e. The molecule has 2 aromatic rings. The van der Waals surface area contributed by atoms with E-state index in [2.05, 4.69) is 15.0 Å². The molecule has 22 heavy (non-hydrogen) atoms. The normalized spacial score (nSPS) is 9.91. The number of nitrogens with zero attached hydrogens (tertiary/aromatic N) is 1. The summed E-state index contributed by atoms with van der Waals surface area (Å²) in [6.45, 7) is -0.245. The third-order valence-corrected chi connectivity index (χ3v) is 2.67. The lowest BCUT2D eigenvalue weighted by Crippen LogP contribution is -2.14. The van der Waals surface area contributed by atoms with Gasteiger partial charge in [0.2, 0.25) is 5.88 Å². The second-order valence-corrected chi connectivity index (χ2v) is 4.21. The van der Waals surface area contributed by atoms with Gasteiger partial charge in [0.05, 0.1) is 19.0 Å². The molecule has 1 aromatic heterocycles. The molecule has 0 saturated heterocycles. The Morgan fingerprint density at radius 2 is 1.91 bits per heavy atom. The number of anilines is 1. The van der Waals surface area contributed by atoms with Gasteiger partial charge >= 0.3 is 5.97 Å². The third-order valence-electron chi connectivity index (χ3n) is 2.67. The molecule has 114 valence electrons. The molecular weight excluding hydrogens is 291 g/mol. The summed E-state index contributed by atoms with van der Waals surface area (Å²) in [5.74, 6) is -1.09. The van der Waals surface area contributed by atoms with Crippen molar-refractivity contribution in [1.82, 2.24) is 4.98 Å². The molecule has 0 aliphatic carbocycles. The maximum absolute atomic E-state index is 12.8. The number of carbonyl (C=O) groups excluding carboxylic acids is 2. The van der Waals surface area contributed by atoms with Crippen molar-refractivity contribution < 1.29 is 23.5 Å². The molecule has 0 radical (unpaired) electrons. The molecule has 6 nitrogen and oxygen atoms in total. The van der Waals surface area contributed by atoms with Crippen molar-refractivity contribution >= 4 is 17.6 Å². The fourth-order valence-electron chi connectivity index (χ4n) is 1.54. The van der Waals surface area contributed by atoms with Crippen LogP contribution >= 0.6 is 0 Å². The summed E-state index contributed by atoms with van der Waals surface area (Å²) in [6, 6.07) is 8.25. The highest BCUT2D eigenvalue weighted by Crippen LogP contribution is 2.13. The number of halogens is 1. The number of amides is 1. The van der Waals surface area contributed by atoms with E-state index in [0.717, 1.165) is 0 Å². The van der Waals surface area contributed by atoms with Crippen molar-refractivity contribution in [1.29, 1.82) is 0 Å². The van der Waals surface area contributed by atoms with Crippen LogP contribution in [-0.4, -0.2) is 30.6 Å². The average Bonchev–Trinajstić information content (AvgIpc) is 2.54. The summed E-state index contributed by atoms with van der Waals surface area (Å²) in [5, 5.41) is 2.61. The first-order valence-corrected chi connectivity index (χ1v) is 6.31. The van der Waals surface area contributed by atoms with Gasteiger partial charge < -0.3 is 14.8 Å². The van der Waals surface area contributed by atoms with E-state index in [4.69, 9.17) is 4.74 Å². The average molecular weight is 304 g/mol. The highest BCUT2D eigenvalue weighted by molar-refractivity contribution is 6.04. The molecule has 0 aliphatic rings. The Bertz CT molecular complexity index is 656. The van der Waals surface area contributed by atoms with Gasteiger partial charge in [-0.15, -0.1) is 0 Å². The van der Waals surface area contributed by atoms with E-state index in [1.54, 1.807) is 6.07 Å². The van der Waals surface area contributed by atoms with Crippen molar-refractivity contribution in [2.75, 3.05) is 19.0 Å². The third kappa shape index (κ3) is 4.27. The minimum Gasteiger partial charge on any atom is -0.466 e. The summed E-state index contributed by atoms with van der Waals surface area (Å²) in [6.07, 6.45) is 1.38. The van der Waals surface area contributed by atoms with E-state index in [1.165, 1.54) is 43.6 Å². The van der Waals surface area contributed by atoms with E-state index < -0.39 is 11.8 Å². The van der Waals surface area contributed by atoms with Crippen LogP contribution in [0.5, 0.6) is 5.88 Å². The molecule has 0 atom stereocenters. The Kier molecular flexibility index (Phi) is 5.02. The Morgan fingerprint density at radius 1 is 1.18 bits per heavy atom. The summed E-state index contributed by atoms with van der Waals surface area (Å²) >= 11 is 0. The predicted octanol–water partition coefficient (Wildman–Crippen LogP) is 2.02. The topological polar surface area (TPSA) is 77.5 Å². The summed E-state index contributed by atoms with van der Waals surface area (Å²) in [5.41, 5.74) is 0.771. The number of carbonyl (C=O) groups is 2. The number of nitrogens with one attached hydrogen (secondary N) is 1. The maximum Gasteiger partial charge on any atom is 0.343 e. The predicted molar refractivity (Wildman–Crippen MR) is 76.1 cm³/mol. The number of ether oxygens (including phenoxy) is 2. The fourth-order valence-corrected chi connectivity index (χ4v) is 1.54. The van der Waals surface area contributed by atoms with Crippen LogP contribution in [0.1, 0.15) is 10.4 Å². The molecule has 0 unspecified atom stereocenters. The van der Waals surface area contributed by atoms with Gasteiger partial charge in [0, 0.05) is 11.6 Å². The first-order chi connectivity index (χ1) is 10.6. The molecule has 0 bridgehead atoms. The molecule has 1 aromatic carbocycles. The molecule has 0 spiro atoms. The zero-order valence-corrected chi connectivity index (χ0v) is 11.7. The molecule has 1 N–H and O–H groups in total. The van der Waals surface area contributed by atoms with Crippen LogP contribution in [0.15, 0.2) is 42.6 Å². The standard InChI is InChI=1S/C15H13FN2O4/c1-21-14(19)9-22-13-7-6-12(8-17-13)18-15(20)10-2-4-11(16)5-3-10/h2-8H,9H2,1H3,(H,18,20). The van der Waals surface area contributed by atoms with Gasteiger partial charge in [-0.25, -0.2) is 14.2 Å². The lowest BCUT2D eigenvalue weighted by molar-refractivity contribution is -0.143. The van der Waals surface area contributed by atoms with Gasteiger partial charge in [0.1, 0.15) is 5.82 Å². The minimum absolute atomic E-state index is 0.227. The molecule has 0 saturated carbocycles. The van der Waals surface area contributed by atoms with E-state index >= 15 is 0 Å². The van der Waals surface area contributed by atoms with E-state index in [0.29, 0.717) is 11.3 Å². The second kappa shape index (κ2) is 7.16. The molecule has 1 amide bonds. The monoisotopic (exact) mass is 304 g/mol. The van der Waals surface area contributed by atoms with Gasteiger partial charge in [0.15, 0.2) is 6.61 Å². The lowest BCUT2D eigenvalue weighted by atomic mass is 10.2. The Morgan fingerprint density at radius 3 is 2.50 bits per heavy atom. The molecule has 2 rings (SSSR count). The number of benzene rings is 1. The SMILES string of the molecule is COC(=O)COc1ccc(NC(=O)c2ccc(F)cc2)cn1. The molecule has 7 heteroatoms. The number of hydrogen-bond donors (Lipinski definition) is 1. The second-order valence-electron chi connectivity index (χ2n) is 4.21. The summed E-state index contributed by atoms with van der Waals surface area (Å²) in [7, 11) is 1.26. The number of hydrogen-bond acceptors (Lipinski definition) is 5. The number of pyridine rings is 1. The van der Waals surface area contributed by atoms with Crippen LogP contribution in [0.25, 0.3) is 0 Å². The van der Waals surface area contributed by atoms with Crippen molar-refractivity contribution in [3.63, 3.8) is 0 Å². The van der Waals surface area contributed by atoms with Crippen molar-refractivity contribution in [3.05, 3.63) is 54.0 Å². The minimum atomic E-state index is -0.518. The zero-order chi connectivity index (χ0) is 15.9. The van der Waals surface area contributed by atoms with Crippen LogP contribution in [0.3, 0.4) is 0 Å². The first kappa shape index (κ1) is 15.4. The molecule has 0 fully saturated rings. The van der Waals surface area contributed by atoms with E-state index in [-0.39, 0.29) is 18.4 Å². The Hall–Kier alpha value is -2.96. The van der Waals surface area contributed by atoms with Crippen LogP contribution in [0, 0.1) is 5.82 Å². The zero-order valence-electron chi connectivity index (χ0n) is 11.7. The fraction of sp³-hybridized carbons (Fsp3) is 0.133. The molecule has 0 aliphatic heterocycles. The number of esters is 1. The first-order valence-electron chi connectivity index (χ1n) is 6.31. The van der Waals surface area contributed by atoms with E-state index in [9.17, 15) is 14.0 Å². The highest BCUT2D eigenvalue weighted by atomic mass is 19.1. The smallest absolute Gasteiger partial charge is 0.343 e. The summed E-state index contributed by atoms with van der Waals surface area (Å²) in [4.78, 5) is 26.8. The van der Waals surface area contributed by atoms with Crippen molar-refractivity contribution in [3.8, 4) is 5.88 Å². The Labute approximate surface area is 125 Å². The number of methoxy groups -OCH3 is 1. The lowest BCUT2D eigenvalue weighted by Gasteiger charge is -2.07. The van der Waals surface area contributed by atoms with Crippen LogP contribution < -0.4 is 10.1 Å². The summed E-state index contributed by atoms with van der Waals surface area (Å²) < 4.78 is 22.3. The molecule has 1 heterocycles. The van der Waals surface area contributed by atoms with Gasteiger partial charge in [-0.3, -0.25) is 4.79 Å². The van der Waals surface area contributed by atoms with Gasteiger partial charge in [-0.05, 0) is 30.3 Å². The van der Waals surface area contributed by atoms with Gasteiger partial charge in [-0.1, -0.05) is 0 Å².